The Morgan fingerprint density at radius 2 is 1.59 bits per heavy atom. The molecule has 0 amide bonds. The zero-order chi connectivity index (χ0) is 18.8. The van der Waals surface area contributed by atoms with Gasteiger partial charge in [-0.05, 0) is 66.9 Å². The van der Waals surface area contributed by atoms with Crippen molar-refractivity contribution < 1.29 is 4.74 Å². The summed E-state index contributed by atoms with van der Waals surface area (Å²) in [4.78, 5) is 4.90. The maximum Gasteiger partial charge on any atom is 0.131 e. The summed E-state index contributed by atoms with van der Waals surface area (Å²) in [7, 11) is 1.69. The van der Waals surface area contributed by atoms with Crippen LogP contribution in [0.1, 0.15) is 11.1 Å². The standard InChI is InChI=1S/C24H22N2O/c1-16-13-17(2)24-22(14-16)21(18-9-11-20(27-3)12-10-18)15-23(26-24)25-19-7-5-4-6-8-19/h4-15H,1-3H3,(H,25,26). The van der Waals surface area contributed by atoms with Crippen molar-refractivity contribution in [2.45, 2.75) is 13.8 Å². The molecule has 27 heavy (non-hydrogen) atoms. The van der Waals surface area contributed by atoms with Gasteiger partial charge in [-0.25, -0.2) is 4.98 Å². The van der Waals surface area contributed by atoms with Crippen LogP contribution in [0.3, 0.4) is 0 Å². The molecule has 4 aromatic rings. The van der Waals surface area contributed by atoms with Gasteiger partial charge in [-0.1, -0.05) is 42.0 Å². The second-order valence-corrected chi connectivity index (χ2v) is 6.75. The van der Waals surface area contributed by atoms with E-state index in [9.17, 15) is 0 Å². The van der Waals surface area contributed by atoms with Gasteiger partial charge in [-0.3, -0.25) is 0 Å². The lowest BCUT2D eigenvalue weighted by Gasteiger charge is -2.14. The van der Waals surface area contributed by atoms with E-state index < -0.39 is 0 Å². The number of aromatic nitrogens is 1. The van der Waals surface area contributed by atoms with Crippen LogP contribution >= 0.6 is 0 Å². The molecule has 0 aliphatic rings. The van der Waals surface area contributed by atoms with E-state index in [0.717, 1.165) is 39.3 Å². The van der Waals surface area contributed by atoms with E-state index in [1.807, 2.05) is 42.5 Å². The van der Waals surface area contributed by atoms with Gasteiger partial charge in [-0.15, -0.1) is 0 Å². The van der Waals surface area contributed by atoms with Crippen LogP contribution in [0.5, 0.6) is 5.75 Å². The molecule has 0 spiro atoms. The van der Waals surface area contributed by atoms with E-state index in [-0.39, 0.29) is 0 Å². The van der Waals surface area contributed by atoms with E-state index in [0.29, 0.717) is 0 Å². The zero-order valence-corrected chi connectivity index (χ0v) is 15.8. The van der Waals surface area contributed by atoms with E-state index in [2.05, 4.69) is 49.5 Å². The molecule has 3 heteroatoms. The fraction of sp³-hybridized carbons (Fsp3) is 0.125. The molecule has 0 aliphatic heterocycles. The zero-order valence-electron chi connectivity index (χ0n) is 15.8. The molecule has 0 saturated heterocycles. The molecule has 0 radical (unpaired) electrons. The van der Waals surface area contributed by atoms with Gasteiger partial charge in [0.1, 0.15) is 11.6 Å². The summed E-state index contributed by atoms with van der Waals surface area (Å²) in [5.74, 6) is 1.69. The molecule has 134 valence electrons. The highest BCUT2D eigenvalue weighted by Crippen LogP contribution is 2.34. The van der Waals surface area contributed by atoms with Crippen molar-refractivity contribution in [3.8, 4) is 16.9 Å². The van der Waals surface area contributed by atoms with Gasteiger partial charge < -0.3 is 10.1 Å². The summed E-state index contributed by atoms with van der Waals surface area (Å²) in [5, 5.41) is 4.60. The normalized spacial score (nSPS) is 10.8. The molecule has 3 nitrogen and oxygen atoms in total. The average Bonchev–Trinajstić information content (AvgIpc) is 2.69. The van der Waals surface area contributed by atoms with Crippen molar-refractivity contribution in [2.75, 3.05) is 12.4 Å². The van der Waals surface area contributed by atoms with Crippen LogP contribution in [0.25, 0.3) is 22.0 Å². The molecule has 0 bridgehead atoms. The molecular formula is C24H22N2O. The monoisotopic (exact) mass is 354 g/mol. The average molecular weight is 354 g/mol. The fourth-order valence-electron chi connectivity index (χ4n) is 3.42. The first-order chi connectivity index (χ1) is 13.1. The van der Waals surface area contributed by atoms with Crippen molar-refractivity contribution in [1.29, 1.82) is 0 Å². The number of pyridine rings is 1. The van der Waals surface area contributed by atoms with Crippen molar-refractivity contribution in [2.24, 2.45) is 0 Å². The molecule has 0 atom stereocenters. The Labute approximate surface area is 159 Å². The van der Waals surface area contributed by atoms with Gasteiger partial charge in [0.2, 0.25) is 0 Å². The Kier molecular flexibility index (Phi) is 4.51. The predicted molar refractivity (Wildman–Crippen MR) is 113 cm³/mol. The molecule has 1 heterocycles. The summed E-state index contributed by atoms with van der Waals surface area (Å²) in [6.07, 6.45) is 0. The van der Waals surface area contributed by atoms with Gasteiger partial charge >= 0.3 is 0 Å². The van der Waals surface area contributed by atoms with Gasteiger partial charge in [0.15, 0.2) is 0 Å². The topological polar surface area (TPSA) is 34.1 Å². The van der Waals surface area contributed by atoms with Gasteiger partial charge in [0, 0.05) is 11.1 Å². The van der Waals surface area contributed by atoms with Crippen molar-refractivity contribution in [3.05, 3.63) is 83.9 Å². The van der Waals surface area contributed by atoms with Crippen LogP contribution in [0.4, 0.5) is 11.5 Å². The first kappa shape index (κ1) is 17.1. The van der Waals surface area contributed by atoms with E-state index >= 15 is 0 Å². The van der Waals surface area contributed by atoms with Gasteiger partial charge in [-0.2, -0.15) is 0 Å². The summed E-state index contributed by atoms with van der Waals surface area (Å²) in [5.41, 5.74) is 6.76. The summed E-state index contributed by atoms with van der Waals surface area (Å²) < 4.78 is 5.31. The third-order valence-corrected chi connectivity index (χ3v) is 4.70. The maximum absolute atomic E-state index is 5.31. The second kappa shape index (κ2) is 7.12. The van der Waals surface area contributed by atoms with Gasteiger partial charge in [0.05, 0.1) is 12.6 Å². The number of nitrogens with zero attached hydrogens (tertiary/aromatic N) is 1. The van der Waals surface area contributed by atoms with Crippen LogP contribution in [0, 0.1) is 13.8 Å². The Bertz CT molecular complexity index is 1090. The molecule has 1 aromatic heterocycles. The number of methoxy groups -OCH3 is 1. The molecule has 0 aliphatic carbocycles. The molecule has 0 saturated carbocycles. The number of benzene rings is 3. The van der Waals surface area contributed by atoms with Crippen LogP contribution < -0.4 is 10.1 Å². The Morgan fingerprint density at radius 3 is 2.30 bits per heavy atom. The van der Waals surface area contributed by atoms with Crippen LogP contribution in [-0.4, -0.2) is 12.1 Å². The van der Waals surface area contributed by atoms with Crippen LogP contribution in [0.15, 0.2) is 72.8 Å². The first-order valence-electron chi connectivity index (χ1n) is 9.02. The lowest BCUT2D eigenvalue weighted by atomic mass is 9.97. The third kappa shape index (κ3) is 3.49. The third-order valence-electron chi connectivity index (χ3n) is 4.70. The Morgan fingerprint density at radius 1 is 0.852 bits per heavy atom. The Hall–Kier alpha value is -3.33. The minimum Gasteiger partial charge on any atom is -0.497 e. The lowest BCUT2D eigenvalue weighted by Crippen LogP contribution is -1.97. The molecule has 4 rings (SSSR count). The number of nitrogens with one attached hydrogen (secondary N) is 1. The molecular weight excluding hydrogens is 332 g/mol. The van der Waals surface area contributed by atoms with E-state index in [1.54, 1.807) is 7.11 Å². The molecule has 3 aromatic carbocycles. The number of aryl methyl sites for hydroxylation is 2. The number of hydrogen-bond acceptors (Lipinski definition) is 3. The Balaban J connectivity index is 1.91. The van der Waals surface area contributed by atoms with E-state index in [4.69, 9.17) is 9.72 Å². The summed E-state index contributed by atoms with van der Waals surface area (Å²) in [6.45, 7) is 4.24. The predicted octanol–water partition coefficient (Wildman–Crippen LogP) is 6.27. The fourth-order valence-corrected chi connectivity index (χ4v) is 3.42. The maximum atomic E-state index is 5.31. The molecule has 0 fully saturated rings. The second-order valence-electron chi connectivity index (χ2n) is 6.75. The summed E-state index contributed by atoms with van der Waals surface area (Å²) >= 11 is 0. The minimum atomic E-state index is 0.839. The van der Waals surface area contributed by atoms with Crippen molar-refractivity contribution in [1.82, 2.24) is 4.98 Å². The highest BCUT2D eigenvalue weighted by molar-refractivity contribution is 5.98. The first-order valence-corrected chi connectivity index (χ1v) is 9.02. The highest BCUT2D eigenvalue weighted by atomic mass is 16.5. The molecule has 0 unspecified atom stereocenters. The number of rotatable bonds is 4. The van der Waals surface area contributed by atoms with Crippen molar-refractivity contribution in [3.63, 3.8) is 0 Å². The highest BCUT2D eigenvalue weighted by Gasteiger charge is 2.11. The van der Waals surface area contributed by atoms with E-state index in [1.165, 1.54) is 11.1 Å². The number of para-hydroxylation sites is 1. The SMILES string of the molecule is COc1ccc(-c2cc(Nc3ccccc3)nc3c(C)cc(C)cc23)cc1. The van der Waals surface area contributed by atoms with Gasteiger partial charge in [0.25, 0.3) is 0 Å². The quantitative estimate of drug-likeness (QED) is 0.469. The van der Waals surface area contributed by atoms with Crippen LogP contribution in [-0.2, 0) is 0 Å². The smallest absolute Gasteiger partial charge is 0.131 e. The number of ether oxygens (including phenoxy) is 1. The van der Waals surface area contributed by atoms with Crippen molar-refractivity contribution >= 4 is 22.4 Å². The number of fused-ring (bicyclic) bond motifs is 1. The largest absolute Gasteiger partial charge is 0.497 e. The molecule has 1 N–H and O–H groups in total. The minimum absolute atomic E-state index is 0.839. The number of hydrogen-bond donors (Lipinski definition) is 1. The summed E-state index contributed by atoms with van der Waals surface area (Å²) in [6, 6.07) is 24.8. The lowest BCUT2D eigenvalue weighted by molar-refractivity contribution is 0.415. The number of anilines is 2. The van der Waals surface area contributed by atoms with Crippen LogP contribution in [0.2, 0.25) is 0 Å².